The van der Waals surface area contributed by atoms with Gasteiger partial charge < -0.3 is 4.90 Å². The first-order valence-electron chi connectivity index (χ1n) is 6.30. The van der Waals surface area contributed by atoms with Gasteiger partial charge >= 0.3 is 0 Å². The van der Waals surface area contributed by atoms with Crippen LogP contribution in [-0.2, 0) is 0 Å². The molecule has 0 saturated carbocycles. The quantitative estimate of drug-likeness (QED) is 0.775. The van der Waals surface area contributed by atoms with E-state index in [1.807, 2.05) is 11.6 Å². The number of halogens is 1. The zero-order valence-electron chi connectivity index (χ0n) is 10.5. The minimum atomic E-state index is 0.166. The number of hydrogen-bond donors (Lipinski definition) is 0. The Morgan fingerprint density at radius 2 is 2.33 bits per heavy atom. The highest BCUT2D eigenvalue weighted by molar-refractivity contribution is 7.09. The van der Waals surface area contributed by atoms with Crippen LogP contribution in [0.3, 0.4) is 0 Å². The number of aromatic nitrogens is 1. The summed E-state index contributed by atoms with van der Waals surface area (Å²) in [6, 6.07) is 0.521. The standard InChI is InChI=1S/C13H16ClN3S/c1-8(2)17-10-5-3-4-9(11(10)16-13(17)14)12-15-6-7-18-12/h5-9,11H,3-4H2,1-2H3. The van der Waals surface area contributed by atoms with E-state index < -0.39 is 0 Å². The van der Waals surface area contributed by atoms with Gasteiger partial charge in [0.2, 0.25) is 0 Å². The molecule has 3 nitrogen and oxygen atoms in total. The van der Waals surface area contributed by atoms with Crippen LogP contribution in [0.15, 0.2) is 28.3 Å². The van der Waals surface area contributed by atoms with E-state index >= 15 is 0 Å². The van der Waals surface area contributed by atoms with Crippen LogP contribution in [0, 0.1) is 0 Å². The Morgan fingerprint density at radius 3 is 3.00 bits per heavy atom. The lowest BCUT2D eigenvalue weighted by atomic mass is 9.88. The van der Waals surface area contributed by atoms with E-state index in [-0.39, 0.29) is 6.04 Å². The second-order valence-corrected chi connectivity index (χ2v) is 6.25. The molecule has 1 aliphatic heterocycles. The molecule has 18 heavy (non-hydrogen) atoms. The van der Waals surface area contributed by atoms with Crippen LogP contribution in [0.5, 0.6) is 0 Å². The van der Waals surface area contributed by atoms with Gasteiger partial charge in [0.15, 0.2) is 5.29 Å². The van der Waals surface area contributed by atoms with Gasteiger partial charge in [-0.25, -0.2) is 9.98 Å². The third-order valence-corrected chi connectivity index (χ3v) is 4.71. The Labute approximate surface area is 116 Å². The van der Waals surface area contributed by atoms with Gasteiger partial charge in [0.25, 0.3) is 0 Å². The van der Waals surface area contributed by atoms with Crippen molar-refractivity contribution in [2.45, 2.75) is 44.7 Å². The molecular weight excluding hydrogens is 266 g/mol. The van der Waals surface area contributed by atoms with Gasteiger partial charge in [-0.15, -0.1) is 11.3 Å². The normalized spacial score (nSPS) is 27.2. The Hall–Kier alpha value is -0.870. The number of rotatable bonds is 2. The van der Waals surface area contributed by atoms with E-state index in [1.165, 1.54) is 10.7 Å². The molecule has 5 heteroatoms. The third-order valence-electron chi connectivity index (χ3n) is 3.52. The van der Waals surface area contributed by atoms with Crippen LogP contribution in [0.1, 0.15) is 37.6 Å². The molecule has 0 fully saturated rings. The van der Waals surface area contributed by atoms with Crippen molar-refractivity contribution in [3.8, 4) is 0 Å². The summed E-state index contributed by atoms with van der Waals surface area (Å²) in [6.07, 6.45) is 6.35. The van der Waals surface area contributed by atoms with E-state index in [0.29, 0.717) is 17.3 Å². The summed E-state index contributed by atoms with van der Waals surface area (Å²) in [6.45, 7) is 4.29. The fraction of sp³-hybridized carbons (Fsp3) is 0.538. The van der Waals surface area contributed by atoms with Crippen LogP contribution in [0.2, 0.25) is 0 Å². The number of fused-ring (bicyclic) bond motifs is 1. The third kappa shape index (κ3) is 1.88. The minimum absolute atomic E-state index is 0.166. The van der Waals surface area contributed by atoms with Gasteiger partial charge in [-0.2, -0.15) is 0 Å². The summed E-state index contributed by atoms with van der Waals surface area (Å²) >= 11 is 8.01. The Kier molecular flexibility index (Phi) is 3.16. The zero-order valence-corrected chi connectivity index (χ0v) is 12.1. The van der Waals surface area contributed by atoms with Crippen molar-refractivity contribution < 1.29 is 0 Å². The summed E-state index contributed by atoms with van der Waals surface area (Å²) in [5, 5.41) is 3.85. The van der Waals surface area contributed by atoms with Gasteiger partial charge in [-0.1, -0.05) is 6.08 Å². The minimum Gasteiger partial charge on any atom is -0.316 e. The fourth-order valence-corrected chi connectivity index (χ4v) is 3.97. The molecule has 0 radical (unpaired) electrons. The Balaban J connectivity index is 1.95. The van der Waals surface area contributed by atoms with E-state index in [2.05, 4.69) is 34.8 Å². The van der Waals surface area contributed by atoms with Crippen LogP contribution in [0.25, 0.3) is 0 Å². The highest BCUT2D eigenvalue weighted by atomic mass is 35.5. The molecular formula is C13H16ClN3S. The summed E-state index contributed by atoms with van der Waals surface area (Å²) < 4.78 is 0. The van der Waals surface area contributed by atoms with E-state index in [9.17, 15) is 0 Å². The molecule has 0 aromatic carbocycles. The average molecular weight is 282 g/mol. The molecule has 3 rings (SSSR count). The molecule has 2 atom stereocenters. The number of aliphatic imine (C=N–C) groups is 1. The number of amidine groups is 1. The molecule has 0 amide bonds. The number of thiazole rings is 1. The first-order chi connectivity index (χ1) is 8.68. The van der Waals surface area contributed by atoms with Crippen LogP contribution in [-0.4, -0.2) is 27.3 Å². The maximum Gasteiger partial charge on any atom is 0.199 e. The highest BCUT2D eigenvalue weighted by Gasteiger charge is 2.39. The zero-order chi connectivity index (χ0) is 12.7. The number of allylic oxidation sites excluding steroid dienone is 1. The SMILES string of the molecule is CC(C)N1C2=CCCC(c3nccs3)C2N=C1Cl. The molecule has 96 valence electrons. The van der Waals surface area contributed by atoms with Crippen molar-refractivity contribution in [2.24, 2.45) is 4.99 Å². The summed E-state index contributed by atoms with van der Waals surface area (Å²) in [5.74, 6) is 0.391. The summed E-state index contributed by atoms with van der Waals surface area (Å²) in [5.41, 5.74) is 1.27. The summed E-state index contributed by atoms with van der Waals surface area (Å²) in [4.78, 5) is 11.3. The lowest BCUT2D eigenvalue weighted by Gasteiger charge is -2.31. The second kappa shape index (κ2) is 4.67. The van der Waals surface area contributed by atoms with E-state index in [1.54, 1.807) is 11.3 Å². The number of nitrogens with zero attached hydrogens (tertiary/aromatic N) is 3. The van der Waals surface area contributed by atoms with Crippen molar-refractivity contribution in [1.82, 2.24) is 9.88 Å². The Bertz CT molecular complexity index is 492. The van der Waals surface area contributed by atoms with Crippen LogP contribution >= 0.6 is 22.9 Å². The van der Waals surface area contributed by atoms with Gasteiger partial charge in [-0.05, 0) is 38.3 Å². The van der Waals surface area contributed by atoms with Crippen molar-refractivity contribution in [1.29, 1.82) is 0 Å². The molecule has 2 heterocycles. The van der Waals surface area contributed by atoms with Gasteiger partial charge in [0.1, 0.15) is 6.04 Å². The highest BCUT2D eigenvalue weighted by Crippen LogP contribution is 2.41. The molecule has 0 saturated heterocycles. The van der Waals surface area contributed by atoms with Crippen molar-refractivity contribution >= 4 is 28.2 Å². The maximum absolute atomic E-state index is 6.29. The fourth-order valence-electron chi connectivity index (χ4n) is 2.76. The number of hydrogen-bond acceptors (Lipinski definition) is 4. The van der Waals surface area contributed by atoms with E-state index in [0.717, 1.165) is 12.8 Å². The van der Waals surface area contributed by atoms with Crippen LogP contribution < -0.4 is 0 Å². The molecule has 0 spiro atoms. The monoisotopic (exact) mass is 281 g/mol. The predicted octanol–water partition coefficient (Wildman–Crippen LogP) is 3.59. The average Bonchev–Trinajstić information content (AvgIpc) is 2.93. The van der Waals surface area contributed by atoms with Gasteiger partial charge in [-0.3, -0.25) is 0 Å². The van der Waals surface area contributed by atoms with Crippen molar-refractivity contribution in [3.63, 3.8) is 0 Å². The lowest BCUT2D eigenvalue weighted by Crippen LogP contribution is -2.34. The van der Waals surface area contributed by atoms with Crippen molar-refractivity contribution in [3.05, 3.63) is 28.4 Å². The smallest absolute Gasteiger partial charge is 0.199 e. The molecule has 0 bridgehead atoms. The van der Waals surface area contributed by atoms with Crippen molar-refractivity contribution in [2.75, 3.05) is 0 Å². The lowest BCUT2D eigenvalue weighted by molar-refractivity contribution is 0.394. The maximum atomic E-state index is 6.29. The molecule has 0 N–H and O–H groups in total. The predicted molar refractivity (Wildman–Crippen MR) is 76.2 cm³/mol. The summed E-state index contributed by atoms with van der Waals surface area (Å²) in [7, 11) is 0. The largest absolute Gasteiger partial charge is 0.316 e. The first-order valence-corrected chi connectivity index (χ1v) is 7.56. The van der Waals surface area contributed by atoms with Gasteiger partial charge in [0, 0.05) is 29.2 Å². The topological polar surface area (TPSA) is 28.5 Å². The Morgan fingerprint density at radius 1 is 1.50 bits per heavy atom. The molecule has 2 unspecified atom stereocenters. The molecule has 1 aliphatic carbocycles. The molecule has 1 aromatic heterocycles. The van der Waals surface area contributed by atoms with Crippen LogP contribution in [0.4, 0.5) is 0 Å². The van der Waals surface area contributed by atoms with E-state index in [4.69, 9.17) is 11.6 Å². The second-order valence-electron chi connectivity index (χ2n) is 4.99. The van der Waals surface area contributed by atoms with Gasteiger partial charge in [0.05, 0.1) is 5.01 Å². The first kappa shape index (κ1) is 12.2. The molecule has 2 aliphatic rings. The molecule has 1 aromatic rings.